The fraction of sp³-hybridized carbons (Fsp3) is 0.222. The van der Waals surface area contributed by atoms with E-state index in [-0.39, 0.29) is 11.9 Å². The van der Waals surface area contributed by atoms with Gasteiger partial charge in [-0.25, -0.2) is 4.39 Å². The highest BCUT2D eigenvalue weighted by atomic mass is 19.1. The summed E-state index contributed by atoms with van der Waals surface area (Å²) in [5, 5.41) is 14.4. The number of aromatic nitrogens is 1. The zero-order valence-corrected chi connectivity index (χ0v) is 12.4. The number of nitrogens with zero attached hydrogens (tertiary/aromatic N) is 1. The first-order chi connectivity index (χ1) is 10.7. The zero-order valence-electron chi connectivity index (χ0n) is 12.4. The van der Waals surface area contributed by atoms with Gasteiger partial charge in [-0.05, 0) is 24.7 Å². The van der Waals surface area contributed by atoms with Gasteiger partial charge in [-0.3, -0.25) is 0 Å². The van der Waals surface area contributed by atoms with Crippen LogP contribution in [0.1, 0.15) is 11.6 Å². The molecular weight excluding hydrogens is 279 g/mol. The summed E-state index contributed by atoms with van der Waals surface area (Å²) in [6, 6.07) is 16.2. The molecule has 0 bridgehead atoms. The van der Waals surface area contributed by atoms with Crippen LogP contribution >= 0.6 is 0 Å². The minimum Gasteiger partial charge on any atom is -0.389 e. The summed E-state index contributed by atoms with van der Waals surface area (Å²) in [4.78, 5) is 0. The molecule has 0 aliphatic carbocycles. The van der Waals surface area contributed by atoms with E-state index in [0.717, 1.165) is 10.9 Å². The first-order valence-corrected chi connectivity index (χ1v) is 7.35. The summed E-state index contributed by atoms with van der Waals surface area (Å²) >= 11 is 0. The van der Waals surface area contributed by atoms with Gasteiger partial charge in [0.05, 0.1) is 17.7 Å². The molecule has 3 rings (SSSR count). The van der Waals surface area contributed by atoms with Crippen molar-refractivity contribution in [2.24, 2.45) is 0 Å². The van der Waals surface area contributed by atoms with E-state index < -0.39 is 6.10 Å². The Kier molecular flexibility index (Phi) is 4.22. The van der Waals surface area contributed by atoms with Gasteiger partial charge in [0, 0.05) is 18.1 Å². The van der Waals surface area contributed by atoms with Gasteiger partial charge in [-0.15, -0.1) is 0 Å². The maximum atomic E-state index is 14.3. The van der Waals surface area contributed by atoms with Crippen molar-refractivity contribution in [2.75, 3.05) is 13.6 Å². The Morgan fingerprint density at radius 3 is 2.59 bits per heavy atom. The molecule has 2 N–H and O–H groups in total. The topological polar surface area (TPSA) is 37.2 Å². The fourth-order valence-corrected chi connectivity index (χ4v) is 2.94. The highest BCUT2D eigenvalue weighted by Crippen LogP contribution is 2.29. The second kappa shape index (κ2) is 6.30. The lowest BCUT2D eigenvalue weighted by molar-refractivity contribution is 0.132. The summed E-state index contributed by atoms with van der Waals surface area (Å²) in [6.07, 6.45) is 1.17. The molecule has 22 heavy (non-hydrogen) atoms. The Bertz CT molecular complexity index is 754. The zero-order chi connectivity index (χ0) is 15.5. The van der Waals surface area contributed by atoms with Gasteiger partial charge < -0.3 is 15.0 Å². The van der Waals surface area contributed by atoms with Gasteiger partial charge in [0.25, 0.3) is 0 Å². The molecule has 3 aromatic rings. The highest BCUT2D eigenvalue weighted by molar-refractivity contribution is 5.81. The molecule has 3 nitrogen and oxygen atoms in total. The van der Waals surface area contributed by atoms with E-state index in [9.17, 15) is 9.50 Å². The molecule has 114 valence electrons. The molecule has 0 aliphatic rings. The van der Waals surface area contributed by atoms with E-state index >= 15 is 0 Å². The van der Waals surface area contributed by atoms with Crippen LogP contribution in [0.3, 0.4) is 0 Å². The van der Waals surface area contributed by atoms with Crippen LogP contribution in [0.2, 0.25) is 0 Å². The van der Waals surface area contributed by atoms with E-state index in [4.69, 9.17) is 0 Å². The van der Waals surface area contributed by atoms with Crippen molar-refractivity contribution in [3.63, 3.8) is 0 Å². The fourth-order valence-electron chi connectivity index (χ4n) is 2.94. The smallest absolute Gasteiger partial charge is 0.147 e. The Morgan fingerprint density at radius 2 is 1.86 bits per heavy atom. The van der Waals surface area contributed by atoms with Gasteiger partial charge in [0.1, 0.15) is 5.82 Å². The molecule has 0 radical (unpaired) electrons. The Morgan fingerprint density at radius 1 is 1.09 bits per heavy atom. The van der Waals surface area contributed by atoms with Crippen LogP contribution in [0.5, 0.6) is 0 Å². The monoisotopic (exact) mass is 298 g/mol. The lowest BCUT2D eigenvalue weighted by atomic mass is 10.0. The number of fused-ring (bicyclic) bond motifs is 1. The molecule has 0 spiro atoms. The maximum Gasteiger partial charge on any atom is 0.147 e. The van der Waals surface area contributed by atoms with Crippen LogP contribution < -0.4 is 5.32 Å². The average Bonchev–Trinajstić information content (AvgIpc) is 2.94. The molecule has 0 aliphatic heterocycles. The summed E-state index contributed by atoms with van der Waals surface area (Å²) < 4.78 is 16.1. The molecular formula is C18H19FN2O. The van der Waals surface area contributed by atoms with Crippen molar-refractivity contribution in [2.45, 2.75) is 12.1 Å². The number of rotatable bonds is 5. The lowest BCUT2D eigenvalue weighted by Crippen LogP contribution is -2.33. The minimum atomic E-state index is -0.664. The molecule has 1 heterocycles. The summed E-state index contributed by atoms with van der Waals surface area (Å²) in [6.45, 7) is 0.424. The largest absolute Gasteiger partial charge is 0.389 e. The molecule has 2 unspecified atom stereocenters. The lowest BCUT2D eigenvalue weighted by Gasteiger charge is -2.26. The quantitative estimate of drug-likeness (QED) is 0.760. The second-order valence-electron chi connectivity index (χ2n) is 5.38. The molecule has 0 amide bonds. The SMILES string of the molecule is CNCC(O)C(c1ccccc1)n1ccc2cccc(F)c21. The molecule has 0 fully saturated rings. The van der Waals surface area contributed by atoms with Gasteiger partial charge in [0.2, 0.25) is 0 Å². The number of hydrogen-bond acceptors (Lipinski definition) is 2. The number of para-hydroxylation sites is 1. The second-order valence-corrected chi connectivity index (χ2v) is 5.38. The van der Waals surface area contributed by atoms with Crippen LogP contribution in [0, 0.1) is 5.82 Å². The number of likely N-dealkylation sites (N-methyl/N-ethyl adjacent to an activating group) is 1. The predicted molar refractivity (Wildman–Crippen MR) is 86.4 cm³/mol. The van der Waals surface area contributed by atoms with Crippen molar-refractivity contribution < 1.29 is 9.50 Å². The molecule has 0 saturated heterocycles. The molecule has 2 aromatic carbocycles. The van der Waals surface area contributed by atoms with Crippen LogP contribution in [-0.4, -0.2) is 29.4 Å². The Hall–Kier alpha value is -2.17. The number of nitrogens with one attached hydrogen (secondary N) is 1. The average molecular weight is 298 g/mol. The van der Waals surface area contributed by atoms with Gasteiger partial charge in [-0.2, -0.15) is 0 Å². The number of hydrogen-bond donors (Lipinski definition) is 2. The number of halogens is 1. The van der Waals surface area contributed by atoms with Crippen molar-refractivity contribution >= 4 is 10.9 Å². The first kappa shape index (κ1) is 14.8. The molecule has 2 atom stereocenters. The number of aliphatic hydroxyl groups excluding tert-OH is 1. The summed E-state index contributed by atoms with van der Waals surface area (Å²) in [5.41, 5.74) is 1.47. The van der Waals surface area contributed by atoms with E-state index in [2.05, 4.69) is 5.32 Å². The van der Waals surface area contributed by atoms with E-state index in [1.165, 1.54) is 6.07 Å². The molecule has 4 heteroatoms. The van der Waals surface area contributed by atoms with E-state index in [0.29, 0.717) is 12.1 Å². The minimum absolute atomic E-state index is 0.278. The van der Waals surface area contributed by atoms with Crippen LogP contribution in [0.15, 0.2) is 60.8 Å². The summed E-state index contributed by atoms with van der Waals surface area (Å²) in [5.74, 6) is -0.278. The molecule has 1 aromatic heterocycles. The number of aliphatic hydroxyl groups is 1. The van der Waals surface area contributed by atoms with E-state index in [1.54, 1.807) is 13.1 Å². The van der Waals surface area contributed by atoms with Crippen molar-refractivity contribution in [3.05, 3.63) is 72.2 Å². The van der Waals surface area contributed by atoms with Crippen LogP contribution in [0.4, 0.5) is 4.39 Å². The Labute approximate surface area is 129 Å². The van der Waals surface area contributed by atoms with Crippen molar-refractivity contribution in [3.8, 4) is 0 Å². The Balaban J connectivity index is 2.16. The van der Waals surface area contributed by atoms with Crippen LogP contribution in [0.25, 0.3) is 10.9 Å². The third-order valence-electron chi connectivity index (χ3n) is 3.91. The maximum absolute atomic E-state index is 14.3. The highest BCUT2D eigenvalue weighted by Gasteiger charge is 2.24. The predicted octanol–water partition coefficient (Wildman–Crippen LogP) is 2.95. The van der Waals surface area contributed by atoms with Gasteiger partial charge in [0.15, 0.2) is 0 Å². The summed E-state index contributed by atoms with van der Waals surface area (Å²) in [7, 11) is 1.79. The third-order valence-corrected chi connectivity index (χ3v) is 3.91. The van der Waals surface area contributed by atoms with Gasteiger partial charge >= 0.3 is 0 Å². The van der Waals surface area contributed by atoms with Crippen molar-refractivity contribution in [1.82, 2.24) is 9.88 Å². The molecule has 0 saturated carbocycles. The van der Waals surface area contributed by atoms with Gasteiger partial charge in [-0.1, -0.05) is 42.5 Å². The number of benzene rings is 2. The van der Waals surface area contributed by atoms with Crippen LogP contribution in [-0.2, 0) is 0 Å². The first-order valence-electron chi connectivity index (χ1n) is 7.35. The van der Waals surface area contributed by atoms with E-state index in [1.807, 2.05) is 53.2 Å². The standard InChI is InChI=1S/C18H19FN2O/c1-20-12-16(22)18(13-6-3-2-4-7-13)21-11-10-14-8-5-9-15(19)17(14)21/h2-11,16,18,20,22H,12H2,1H3. The third kappa shape index (κ3) is 2.63. The normalized spacial score (nSPS) is 14.1. The van der Waals surface area contributed by atoms with Crippen molar-refractivity contribution in [1.29, 1.82) is 0 Å².